The number of hydrogen-bond donors (Lipinski definition) is 0. The fourth-order valence-electron chi connectivity index (χ4n) is 5.46. The monoisotopic (exact) mass is 341 g/mol. The van der Waals surface area contributed by atoms with Gasteiger partial charge in [-0.1, -0.05) is 49.6 Å². The van der Waals surface area contributed by atoms with Crippen LogP contribution in [0.4, 0.5) is 11.4 Å². The molecule has 0 bridgehead atoms. The van der Waals surface area contributed by atoms with Crippen LogP contribution in [-0.2, 0) is 6.42 Å². The summed E-state index contributed by atoms with van der Waals surface area (Å²) >= 11 is 0. The molecule has 0 radical (unpaired) electrons. The number of hydrogen-bond acceptors (Lipinski definition) is 0. The van der Waals surface area contributed by atoms with Crippen LogP contribution < -0.4 is 0 Å². The van der Waals surface area contributed by atoms with Crippen molar-refractivity contribution in [1.82, 2.24) is 0 Å². The summed E-state index contributed by atoms with van der Waals surface area (Å²) in [5.74, 6) is 1.25. The van der Waals surface area contributed by atoms with Gasteiger partial charge in [-0.25, -0.2) is 4.85 Å². The van der Waals surface area contributed by atoms with Crippen LogP contribution in [-0.4, -0.2) is 16.8 Å². The smallest absolute Gasteiger partial charge is 0.199 e. The van der Waals surface area contributed by atoms with Gasteiger partial charge in [-0.2, -0.15) is 4.58 Å². The molecule has 1 atom stereocenters. The summed E-state index contributed by atoms with van der Waals surface area (Å²) in [6, 6.07) is 15.5. The lowest BCUT2D eigenvalue weighted by molar-refractivity contribution is -0.437. The molecule has 2 nitrogen and oxygen atoms in total. The van der Waals surface area contributed by atoms with Crippen molar-refractivity contribution in [2.45, 2.75) is 50.9 Å². The molecular formula is C24H25N2+. The molecule has 1 fully saturated rings. The van der Waals surface area contributed by atoms with E-state index in [-0.39, 0.29) is 0 Å². The van der Waals surface area contributed by atoms with Crippen molar-refractivity contribution in [1.29, 1.82) is 0 Å². The van der Waals surface area contributed by atoms with Crippen LogP contribution in [0.5, 0.6) is 0 Å². The molecule has 2 aromatic carbocycles. The lowest BCUT2D eigenvalue weighted by Crippen LogP contribution is -2.25. The van der Waals surface area contributed by atoms with Crippen molar-refractivity contribution in [2.75, 3.05) is 6.54 Å². The van der Waals surface area contributed by atoms with Crippen LogP contribution in [0, 0.1) is 12.5 Å². The van der Waals surface area contributed by atoms with E-state index in [1.54, 1.807) is 0 Å². The third kappa shape index (κ3) is 2.42. The van der Waals surface area contributed by atoms with Gasteiger partial charge in [0.05, 0.1) is 12.5 Å². The Morgan fingerprint density at radius 2 is 1.81 bits per heavy atom. The fraction of sp³-hybridized carbons (Fsp3) is 0.417. The number of benzene rings is 2. The Labute approximate surface area is 156 Å². The molecule has 2 heterocycles. The first-order chi connectivity index (χ1) is 12.9. The molecule has 0 amide bonds. The van der Waals surface area contributed by atoms with Gasteiger partial charge in [-0.15, -0.1) is 0 Å². The van der Waals surface area contributed by atoms with E-state index in [1.807, 2.05) is 6.07 Å². The Morgan fingerprint density at radius 1 is 0.962 bits per heavy atom. The molecule has 3 aliphatic rings. The van der Waals surface area contributed by atoms with Crippen LogP contribution >= 0.6 is 0 Å². The molecule has 0 aromatic heterocycles. The zero-order valence-corrected chi connectivity index (χ0v) is 15.2. The van der Waals surface area contributed by atoms with E-state index in [0.717, 1.165) is 24.6 Å². The molecule has 1 unspecified atom stereocenters. The molecule has 1 aliphatic carbocycles. The fourth-order valence-corrected chi connectivity index (χ4v) is 5.46. The van der Waals surface area contributed by atoms with E-state index >= 15 is 0 Å². The Bertz CT molecular complexity index is 925. The second-order valence-corrected chi connectivity index (χ2v) is 8.03. The van der Waals surface area contributed by atoms with Crippen molar-refractivity contribution >= 4 is 17.1 Å². The van der Waals surface area contributed by atoms with Gasteiger partial charge in [0, 0.05) is 23.6 Å². The highest BCUT2D eigenvalue weighted by Gasteiger charge is 2.45. The van der Waals surface area contributed by atoms with E-state index < -0.39 is 0 Å². The molecule has 0 spiro atoms. The van der Waals surface area contributed by atoms with Gasteiger partial charge in [0.15, 0.2) is 17.1 Å². The van der Waals surface area contributed by atoms with E-state index in [4.69, 9.17) is 6.57 Å². The van der Waals surface area contributed by atoms with E-state index in [2.05, 4.69) is 45.8 Å². The summed E-state index contributed by atoms with van der Waals surface area (Å²) in [7, 11) is 0. The van der Waals surface area contributed by atoms with Crippen LogP contribution in [0.15, 0.2) is 42.5 Å². The number of rotatable bonds is 1. The molecule has 2 aliphatic heterocycles. The highest BCUT2D eigenvalue weighted by atomic mass is 15.1. The Balaban J connectivity index is 1.73. The molecule has 2 aromatic rings. The SMILES string of the molecule is [C-]#[N+]c1ccc2c(c1)[N+]1=C(c3ccccc3CCC1)C2C1CCCCC1. The largest absolute Gasteiger partial charge is 0.238 e. The quantitative estimate of drug-likeness (QED) is 0.444. The maximum Gasteiger partial charge on any atom is 0.199 e. The van der Waals surface area contributed by atoms with Gasteiger partial charge in [0.2, 0.25) is 0 Å². The van der Waals surface area contributed by atoms with Crippen LogP contribution in [0.2, 0.25) is 0 Å². The van der Waals surface area contributed by atoms with E-state index in [1.165, 1.54) is 66.6 Å². The van der Waals surface area contributed by atoms with Crippen molar-refractivity contribution < 1.29 is 4.58 Å². The maximum atomic E-state index is 7.44. The molecule has 5 rings (SSSR count). The van der Waals surface area contributed by atoms with E-state index in [9.17, 15) is 0 Å². The lowest BCUT2D eigenvalue weighted by Gasteiger charge is -2.27. The average molecular weight is 341 g/mol. The summed E-state index contributed by atoms with van der Waals surface area (Å²) in [6.07, 6.45) is 9.15. The van der Waals surface area contributed by atoms with Crippen molar-refractivity contribution in [3.63, 3.8) is 0 Å². The minimum absolute atomic E-state index is 0.504. The van der Waals surface area contributed by atoms with Gasteiger partial charge < -0.3 is 0 Å². The van der Waals surface area contributed by atoms with Crippen LogP contribution in [0.3, 0.4) is 0 Å². The third-order valence-corrected chi connectivity index (χ3v) is 6.60. The highest BCUT2D eigenvalue weighted by Crippen LogP contribution is 2.48. The summed E-state index contributed by atoms with van der Waals surface area (Å²) in [5, 5.41) is 0. The second-order valence-electron chi connectivity index (χ2n) is 8.03. The van der Waals surface area contributed by atoms with Gasteiger partial charge in [0.25, 0.3) is 0 Å². The van der Waals surface area contributed by atoms with Gasteiger partial charge in [-0.05, 0) is 36.8 Å². The van der Waals surface area contributed by atoms with Crippen LogP contribution in [0.25, 0.3) is 4.85 Å². The molecule has 26 heavy (non-hydrogen) atoms. The summed E-state index contributed by atoms with van der Waals surface area (Å²) in [5.41, 5.74) is 8.04. The summed E-state index contributed by atoms with van der Waals surface area (Å²) in [6.45, 7) is 8.52. The predicted molar refractivity (Wildman–Crippen MR) is 106 cm³/mol. The minimum Gasteiger partial charge on any atom is -0.238 e. The first kappa shape index (κ1) is 15.8. The summed E-state index contributed by atoms with van der Waals surface area (Å²) in [4.78, 5) is 3.71. The van der Waals surface area contributed by atoms with Crippen molar-refractivity contribution in [3.8, 4) is 0 Å². The Kier molecular flexibility index (Phi) is 3.89. The number of nitrogens with zero attached hydrogens (tertiary/aromatic N) is 2. The summed E-state index contributed by atoms with van der Waals surface area (Å²) < 4.78 is 2.56. The van der Waals surface area contributed by atoms with Gasteiger partial charge in [-0.3, -0.25) is 0 Å². The molecule has 130 valence electrons. The Hall–Kier alpha value is -2.40. The Morgan fingerprint density at radius 3 is 2.65 bits per heavy atom. The molecule has 1 saturated carbocycles. The topological polar surface area (TPSA) is 7.37 Å². The zero-order chi connectivity index (χ0) is 17.5. The van der Waals surface area contributed by atoms with Crippen molar-refractivity contribution in [3.05, 3.63) is 70.6 Å². The standard InChI is InChI=1S/C24H25N2/c1-25-19-13-14-21-22(16-19)26-15-7-11-17-8-5-6-12-20(17)24(26)23(21)18-9-3-2-4-10-18/h5-6,8,12-14,16,18,23H,2-4,7,9-11,15H2/q+1. The number of aryl methyl sites for hydroxylation is 1. The van der Waals surface area contributed by atoms with Crippen LogP contribution in [0.1, 0.15) is 61.1 Å². The number of fused-ring (bicyclic) bond motifs is 4. The van der Waals surface area contributed by atoms with Gasteiger partial charge in [0.1, 0.15) is 6.54 Å². The minimum atomic E-state index is 0.504. The lowest BCUT2D eigenvalue weighted by atomic mass is 9.73. The molecule has 2 heteroatoms. The normalized spacial score (nSPS) is 22.2. The van der Waals surface area contributed by atoms with Gasteiger partial charge >= 0.3 is 0 Å². The van der Waals surface area contributed by atoms with E-state index in [0.29, 0.717) is 5.92 Å². The van der Waals surface area contributed by atoms with Crippen molar-refractivity contribution in [2.24, 2.45) is 5.92 Å². The average Bonchev–Trinajstić information content (AvgIpc) is 2.89. The molecule has 0 N–H and O–H groups in total. The third-order valence-electron chi connectivity index (χ3n) is 6.60. The first-order valence-electron chi connectivity index (χ1n) is 10.1. The molecule has 0 saturated heterocycles. The second kappa shape index (κ2) is 6.40. The predicted octanol–water partition coefficient (Wildman–Crippen LogP) is 5.99. The molecular weight excluding hydrogens is 316 g/mol. The highest BCUT2D eigenvalue weighted by molar-refractivity contribution is 6.06. The zero-order valence-electron chi connectivity index (χ0n) is 15.2. The maximum absolute atomic E-state index is 7.44. The first-order valence-corrected chi connectivity index (χ1v) is 10.1.